The van der Waals surface area contributed by atoms with E-state index in [4.69, 9.17) is 5.11 Å². The maximum Gasteiger partial charge on any atom is 0.317 e. The monoisotopic (exact) mass is 247 g/mol. The molecule has 0 unspecified atom stereocenters. The molecule has 0 atom stereocenters. The van der Waals surface area contributed by atoms with Gasteiger partial charge in [0.15, 0.2) is 0 Å². The minimum absolute atomic E-state index is 0.158. The lowest BCUT2D eigenvalue weighted by molar-refractivity contribution is -0.135. The Bertz CT molecular complexity index is 649. The van der Waals surface area contributed by atoms with Crippen molar-refractivity contribution in [3.05, 3.63) is 46.0 Å². The number of carbonyl (C=O) groups is 1. The standard InChI is InChI=1S/C12H13N3O3/c1-8-2-3-10-14-9(5-13-6-12(17)18)4-11(16)15(10)7-8/h2-4,7,13H,5-6H2,1H3,(H,17,18). The molecule has 0 saturated carbocycles. The number of aromatic nitrogens is 2. The van der Waals surface area contributed by atoms with Gasteiger partial charge in [-0.1, -0.05) is 6.07 Å². The van der Waals surface area contributed by atoms with Crippen LogP contribution in [0, 0.1) is 6.92 Å². The summed E-state index contributed by atoms with van der Waals surface area (Å²) in [5, 5.41) is 11.2. The molecule has 2 N–H and O–H groups in total. The maximum atomic E-state index is 11.8. The van der Waals surface area contributed by atoms with Crippen molar-refractivity contribution < 1.29 is 9.90 Å². The Balaban J connectivity index is 2.29. The van der Waals surface area contributed by atoms with Gasteiger partial charge in [0.25, 0.3) is 5.56 Å². The summed E-state index contributed by atoms with van der Waals surface area (Å²) in [5.41, 5.74) is 1.89. The molecular formula is C12H13N3O3. The summed E-state index contributed by atoms with van der Waals surface area (Å²) < 4.78 is 1.47. The molecule has 2 aromatic rings. The van der Waals surface area contributed by atoms with Crippen LogP contribution in [0.1, 0.15) is 11.3 Å². The second kappa shape index (κ2) is 4.97. The fourth-order valence-corrected chi connectivity index (χ4v) is 1.65. The second-order valence-corrected chi connectivity index (χ2v) is 4.02. The van der Waals surface area contributed by atoms with Crippen molar-refractivity contribution in [3.63, 3.8) is 0 Å². The summed E-state index contributed by atoms with van der Waals surface area (Å²) in [6.07, 6.45) is 1.72. The fraction of sp³-hybridized carbons (Fsp3) is 0.250. The van der Waals surface area contributed by atoms with Crippen LogP contribution in [0.2, 0.25) is 0 Å². The molecule has 0 fully saturated rings. The van der Waals surface area contributed by atoms with E-state index in [-0.39, 0.29) is 18.6 Å². The Labute approximate surface area is 103 Å². The minimum Gasteiger partial charge on any atom is -0.480 e. The van der Waals surface area contributed by atoms with Crippen LogP contribution < -0.4 is 10.9 Å². The normalized spacial score (nSPS) is 10.7. The molecule has 0 aliphatic rings. The van der Waals surface area contributed by atoms with Crippen LogP contribution in [-0.2, 0) is 11.3 Å². The van der Waals surface area contributed by atoms with Crippen LogP contribution in [0.5, 0.6) is 0 Å². The number of hydrogen-bond acceptors (Lipinski definition) is 4. The van der Waals surface area contributed by atoms with Gasteiger partial charge < -0.3 is 10.4 Å². The number of rotatable bonds is 4. The number of aliphatic carboxylic acids is 1. The highest BCUT2D eigenvalue weighted by molar-refractivity contribution is 5.68. The maximum absolute atomic E-state index is 11.8. The van der Waals surface area contributed by atoms with Gasteiger partial charge in [-0.2, -0.15) is 0 Å². The van der Waals surface area contributed by atoms with Gasteiger partial charge in [0.1, 0.15) is 5.65 Å². The molecule has 0 aromatic carbocycles. The topological polar surface area (TPSA) is 83.7 Å². The lowest BCUT2D eigenvalue weighted by Gasteiger charge is -2.05. The summed E-state index contributed by atoms with van der Waals surface area (Å²) >= 11 is 0. The van der Waals surface area contributed by atoms with E-state index < -0.39 is 5.97 Å². The van der Waals surface area contributed by atoms with E-state index in [9.17, 15) is 9.59 Å². The van der Waals surface area contributed by atoms with Gasteiger partial charge in [0.05, 0.1) is 12.2 Å². The number of nitrogens with one attached hydrogen (secondary N) is 1. The number of carboxylic acid groups (broad SMARTS) is 1. The van der Waals surface area contributed by atoms with Crippen LogP contribution in [0.25, 0.3) is 5.65 Å². The summed E-state index contributed by atoms with van der Waals surface area (Å²) in [6.45, 7) is 2.00. The lowest BCUT2D eigenvalue weighted by Crippen LogP contribution is -2.24. The number of carboxylic acids is 1. The SMILES string of the molecule is Cc1ccc2nc(CNCC(=O)O)cc(=O)n2c1. The average Bonchev–Trinajstić information content (AvgIpc) is 2.30. The van der Waals surface area contributed by atoms with Gasteiger partial charge in [-0.05, 0) is 18.6 Å². The van der Waals surface area contributed by atoms with E-state index in [1.807, 2.05) is 13.0 Å². The van der Waals surface area contributed by atoms with Crippen LogP contribution in [0.4, 0.5) is 0 Å². The van der Waals surface area contributed by atoms with Crippen molar-refractivity contribution in [1.82, 2.24) is 14.7 Å². The van der Waals surface area contributed by atoms with Crippen LogP contribution in [0.3, 0.4) is 0 Å². The molecule has 18 heavy (non-hydrogen) atoms. The van der Waals surface area contributed by atoms with Gasteiger partial charge in [0.2, 0.25) is 0 Å². The molecule has 2 heterocycles. The predicted molar refractivity (Wildman–Crippen MR) is 65.5 cm³/mol. The molecule has 2 rings (SSSR count). The molecule has 6 nitrogen and oxygen atoms in total. The van der Waals surface area contributed by atoms with Crippen molar-refractivity contribution in [2.24, 2.45) is 0 Å². The largest absolute Gasteiger partial charge is 0.480 e. The molecular weight excluding hydrogens is 234 g/mol. The Hall–Kier alpha value is -2.21. The van der Waals surface area contributed by atoms with Gasteiger partial charge in [-0.3, -0.25) is 14.0 Å². The molecule has 0 bridgehead atoms. The first-order valence-corrected chi connectivity index (χ1v) is 5.48. The first kappa shape index (κ1) is 12.3. The smallest absolute Gasteiger partial charge is 0.317 e. The van der Waals surface area contributed by atoms with E-state index in [0.717, 1.165) is 5.56 Å². The lowest BCUT2D eigenvalue weighted by atomic mass is 10.3. The molecule has 0 amide bonds. The van der Waals surface area contributed by atoms with Crippen molar-refractivity contribution >= 4 is 11.6 Å². The third-order valence-electron chi connectivity index (χ3n) is 2.44. The highest BCUT2D eigenvalue weighted by atomic mass is 16.4. The summed E-state index contributed by atoms with van der Waals surface area (Å²) in [4.78, 5) is 26.5. The van der Waals surface area contributed by atoms with E-state index in [0.29, 0.717) is 11.3 Å². The first-order chi connectivity index (χ1) is 8.56. The Morgan fingerprint density at radius 2 is 2.28 bits per heavy atom. The molecule has 0 radical (unpaired) electrons. The van der Waals surface area contributed by atoms with Crippen molar-refractivity contribution in [1.29, 1.82) is 0 Å². The Kier molecular flexibility index (Phi) is 3.38. The number of aryl methyl sites for hydroxylation is 1. The van der Waals surface area contributed by atoms with Crippen molar-refractivity contribution in [3.8, 4) is 0 Å². The predicted octanol–water partition coefficient (Wildman–Crippen LogP) is 0.177. The van der Waals surface area contributed by atoms with Crippen molar-refractivity contribution in [2.75, 3.05) is 6.54 Å². The first-order valence-electron chi connectivity index (χ1n) is 5.48. The summed E-state index contributed by atoms with van der Waals surface area (Å²) in [5.74, 6) is -0.942. The number of fused-ring (bicyclic) bond motifs is 1. The van der Waals surface area contributed by atoms with Gasteiger partial charge in [-0.15, -0.1) is 0 Å². The zero-order valence-corrected chi connectivity index (χ0v) is 9.88. The van der Waals surface area contributed by atoms with Gasteiger partial charge in [0, 0.05) is 18.8 Å². The third-order valence-corrected chi connectivity index (χ3v) is 2.44. The molecule has 0 aliphatic heterocycles. The average molecular weight is 247 g/mol. The fourth-order valence-electron chi connectivity index (χ4n) is 1.65. The minimum atomic E-state index is -0.942. The van der Waals surface area contributed by atoms with Crippen LogP contribution in [0.15, 0.2) is 29.2 Å². The third kappa shape index (κ3) is 2.72. The molecule has 0 aliphatic carbocycles. The van der Waals surface area contributed by atoms with E-state index in [2.05, 4.69) is 10.3 Å². The zero-order valence-electron chi connectivity index (χ0n) is 9.88. The molecule has 94 valence electrons. The van der Waals surface area contributed by atoms with E-state index in [1.165, 1.54) is 10.5 Å². The van der Waals surface area contributed by atoms with E-state index >= 15 is 0 Å². The van der Waals surface area contributed by atoms with Crippen LogP contribution in [-0.4, -0.2) is 27.0 Å². The molecule has 6 heteroatoms. The molecule has 0 saturated heterocycles. The quantitative estimate of drug-likeness (QED) is 0.805. The van der Waals surface area contributed by atoms with Crippen LogP contribution >= 0.6 is 0 Å². The van der Waals surface area contributed by atoms with Gasteiger partial charge in [-0.25, -0.2) is 4.98 Å². The summed E-state index contributed by atoms with van der Waals surface area (Å²) in [7, 11) is 0. The van der Waals surface area contributed by atoms with Crippen molar-refractivity contribution in [2.45, 2.75) is 13.5 Å². The van der Waals surface area contributed by atoms with Gasteiger partial charge >= 0.3 is 5.97 Å². The van der Waals surface area contributed by atoms with E-state index in [1.54, 1.807) is 12.3 Å². The Morgan fingerprint density at radius 3 is 3.00 bits per heavy atom. The number of hydrogen-bond donors (Lipinski definition) is 2. The number of nitrogens with zero attached hydrogens (tertiary/aromatic N) is 2. The Morgan fingerprint density at radius 1 is 1.50 bits per heavy atom. The number of pyridine rings is 1. The highest BCUT2D eigenvalue weighted by Crippen LogP contribution is 2.02. The second-order valence-electron chi connectivity index (χ2n) is 4.02. The highest BCUT2D eigenvalue weighted by Gasteiger charge is 2.03. The zero-order chi connectivity index (χ0) is 13.1. The summed E-state index contributed by atoms with van der Waals surface area (Å²) in [6, 6.07) is 5.04. The molecule has 2 aromatic heterocycles. The molecule has 0 spiro atoms.